The molecule has 0 bridgehead atoms. The van der Waals surface area contributed by atoms with E-state index in [-0.39, 0.29) is 0 Å². The zero-order chi connectivity index (χ0) is 12.7. The zero-order valence-electron chi connectivity index (χ0n) is 9.84. The highest BCUT2D eigenvalue weighted by atomic mass is 16.4. The van der Waals surface area contributed by atoms with Crippen molar-refractivity contribution in [2.24, 2.45) is 16.0 Å². The molecule has 0 saturated carbocycles. The fourth-order valence-electron chi connectivity index (χ4n) is 1.46. The first kappa shape index (κ1) is 13.3. The van der Waals surface area contributed by atoms with Crippen LogP contribution in [0.4, 0.5) is 0 Å². The maximum Gasteiger partial charge on any atom is 0.320 e. The number of rotatable bonds is 6. The Morgan fingerprint density at radius 1 is 1.35 bits per heavy atom. The van der Waals surface area contributed by atoms with Crippen LogP contribution in [0, 0.1) is 0 Å². The van der Waals surface area contributed by atoms with E-state index < -0.39 is 12.0 Å². The summed E-state index contributed by atoms with van der Waals surface area (Å²) >= 11 is 0. The molecule has 1 atom stereocenters. The molecule has 0 aliphatic heterocycles. The fraction of sp³-hybridized carbons (Fsp3) is 0.417. The molecule has 5 nitrogen and oxygen atoms in total. The van der Waals surface area contributed by atoms with E-state index >= 15 is 0 Å². The van der Waals surface area contributed by atoms with Crippen LogP contribution in [0.5, 0.6) is 0 Å². The third-order valence-corrected chi connectivity index (χ3v) is 2.44. The van der Waals surface area contributed by atoms with E-state index in [1.807, 2.05) is 24.3 Å². The number of carbonyl (C=O) groups is 1. The van der Waals surface area contributed by atoms with Gasteiger partial charge < -0.3 is 10.8 Å². The van der Waals surface area contributed by atoms with Gasteiger partial charge in [0, 0.05) is 7.05 Å². The molecule has 1 aromatic carbocycles. The van der Waals surface area contributed by atoms with Crippen molar-refractivity contribution in [1.29, 1.82) is 0 Å². The van der Waals surface area contributed by atoms with E-state index in [1.54, 1.807) is 7.05 Å². The van der Waals surface area contributed by atoms with Gasteiger partial charge >= 0.3 is 5.97 Å². The molecule has 1 rings (SSSR count). The van der Waals surface area contributed by atoms with Gasteiger partial charge in [-0.3, -0.25) is 4.79 Å². The molecule has 0 fully saturated rings. The highest BCUT2D eigenvalue weighted by Crippen LogP contribution is 2.07. The molecule has 1 unspecified atom stereocenters. The highest BCUT2D eigenvalue weighted by Gasteiger charge is 2.11. The zero-order valence-corrected chi connectivity index (χ0v) is 9.84. The van der Waals surface area contributed by atoms with Crippen molar-refractivity contribution >= 4 is 5.97 Å². The van der Waals surface area contributed by atoms with Gasteiger partial charge in [-0.1, -0.05) is 24.3 Å². The average molecular weight is 235 g/mol. The fourth-order valence-corrected chi connectivity index (χ4v) is 1.46. The van der Waals surface area contributed by atoms with Crippen LogP contribution in [0.3, 0.4) is 0 Å². The number of carboxylic acids is 1. The minimum atomic E-state index is -0.975. The molecule has 0 heterocycles. The summed E-state index contributed by atoms with van der Waals surface area (Å²) < 4.78 is 0. The molecule has 0 aromatic heterocycles. The molecule has 92 valence electrons. The quantitative estimate of drug-likeness (QED) is 0.728. The molecule has 0 saturated heterocycles. The first-order chi connectivity index (χ1) is 8.13. The van der Waals surface area contributed by atoms with Gasteiger partial charge in [0.2, 0.25) is 0 Å². The molecule has 3 N–H and O–H groups in total. The molecule has 5 heteroatoms. The summed E-state index contributed by atoms with van der Waals surface area (Å²) in [5.74, 6) is -0.975. The van der Waals surface area contributed by atoms with Crippen LogP contribution < -0.4 is 5.73 Å². The first-order valence-electron chi connectivity index (χ1n) is 5.45. The normalized spacial score (nSPS) is 12.8. The second-order valence-electron chi connectivity index (χ2n) is 3.78. The number of carboxylic acid groups (broad SMARTS) is 1. The van der Waals surface area contributed by atoms with Crippen LogP contribution in [0.2, 0.25) is 0 Å². The van der Waals surface area contributed by atoms with Gasteiger partial charge in [0.25, 0.3) is 0 Å². The van der Waals surface area contributed by atoms with Crippen molar-refractivity contribution in [3.05, 3.63) is 35.4 Å². The first-order valence-corrected chi connectivity index (χ1v) is 5.45. The van der Waals surface area contributed by atoms with Crippen LogP contribution in [-0.4, -0.2) is 30.7 Å². The summed E-state index contributed by atoms with van der Waals surface area (Å²) in [4.78, 5) is 10.6. The van der Waals surface area contributed by atoms with E-state index in [0.717, 1.165) is 17.5 Å². The predicted molar refractivity (Wildman–Crippen MR) is 65.1 cm³/mol. The minimum absolute atomic E-state index is 0.351. The topological polar surface area (TPSA) is 88.0 Å². The smallest absolute Gasteiger partial charge is 0.320 e. The lowest BCUT2D eigenvalue weighted by atomic mass is 10.0. The summed E-state index contributed by atoms with van der Waals surface area (Å²) in [6.45, 7) is 0.671. The maximum absolute atomic E-state index is 10.6. The van der Waals surface area contributed by atoms with Crippen LogP contribution in [0.15, 0.2) is 34.5 Å². The van der Waals surface area contributed by atoms with Crippen molar-refractivity contribution in [1.82, 2.24) is 0 Å². The molecule has 0 aliphatic carbocycles. The molecule has 0 amide bonds. The molecule has 0 spiro atoms. The van der Waals surface area contributed by atoms with Crippen molar-refractivity contribution in [3.63, 3.8) is 0 Å². The lowest BCUT2D eigenvalue weighted by molar-refractivity contribution is -0.138. The Balaban J connectivity index is 2.52. The molecule has 0 aliphatic rings. The van der Waals surface area contributed by atoms with Crippen LogP contribution in [0.25, 0.3) is 0 Å². The number of nitrogens with zero attached hydrogens (tertiary/aromatic N) is 2. The van der Waals surface area contributed by atoms with Crippen molar-refractivity contribution in [3.8, 4) is 0 Å². The highest BCUT2D eigenvalue weighted by molar-refractivity contribution is 5.73. The van der Waals surface area contributed by atoms with Crippen molar-refractivity contribution < 1.29 is 9.90 Å². The van der Waals surface area contributed by atoms with Crippen molar-refractivity contribution in [2.75, 3.05) is 13.6 Å². The Hall–Kier alpha value is -1.75. The second-order valence-corrected chi connectivity index (χ2v) is 3.78. The maximum atomic E-state index is 10.6. The number of aliphatic carboxylic acids is 1. The Morgan fingerprint density at radius 3 is 2.47 bits per heavy atom. The Morgan fingerprint density at radius 2 is 1.94 bits per heavy atom. The summed E-state index contributed by atoms with van der Waals surface area (Å²) in [7, 11) is 1.65. The standard InChI is InChI=1S/C12H17N3O2/c1-14-15-7-6-9-2-4-10(5-3-9)8-11(13)12(16)17/h2-5,11H,6-8,13H2,1H3,(H,16,17). The third kappa shape index (κ3) is 4.74. The number of hydrogen-bond donors (Lipinski definition) is 2. The Labute approximate surface area is 100 Å². The van der Waals surface area contributed by atoms with Crippen molar-refractivity contribution in [2.45, 2.75) is 18.9 Å². The van der Waals surface area contributed by atoms with E-state index in [0.29, 0.717) is 13.0 Å². The summed E-state index contributed by atoms with van der Waals surface area (Å²) in [6, 6.07) is 6.90. The van der Waals surface area contributed by atoms with Gasteiger partial charge in [0.05, 0.1) is 6.54 Å². The van der Waals surface area contributed by atoms with Gasteiger partial charge in [-0.15, -0.1) is 0 Å². The molecular formula is C12H17N3O2. The second kappa shape index (κ2) is 6.75. The van der Waals surface area contributed by atoms with Crippen LogP contribution >= 0.6 is 0 Å². The van der Waals surface area contributed by atoms with E-state index in [2.05, 4.69) is 10.2 Å². The number of hydrogen-bond acceptors (Lipinski definition) is 4. The SMILES string of the molecule is CN=NCCc1ccc(CC(N)C(=O)O)cc1. The number of benzene rings is 1. The van der Waals surface area contributed by atoms with E-state index in [9.17, 15) is 4.79 Å². The lowest BCUT2D eigenvalue weighted by Crippen LogP contribution is -2.32. The average Bonchev–Trinajstić information content (AvgIpc) is 2.31. The van der Waals surface area contributed by atoms with E-state index in [1.165, 1.54) is 0 Å². The van der Waals surface area contributed by atoms with Crippen LogP contribution in [-0.2, 0) is 17.6 Å². The van der Waals surface area contributed by atoms with Gasteiger partial charge in [0.1, 0.15) is 6.04 Å². The largest absolute Gasteiger partial charge is 0.480 e. The number of azo groups is 1. The molecule has 1 aromatic rings. The molecule has 17 heavy (non-hydrogen) atoms. The van der Waals surface area contributed by atoms with Crippen LogP contribution in [0.1, 0.15) is 11.1 Å². The third-order valence-electron chi connectivity index (χ3n) is 2.44. The summed E-state index contributed by atoms with van der Waals surface area (Å²) in [5.41, 5.74) is 7.55. The Bertz CT molecular complexity index is 387. The minimum Gasteiger partial charge on any atom is -0.480 e. The summed E-state index contributed by atoms with van der Waals surface area (Å²) in [5, 5.41) is 16.3. The van der Waals surface area contributed by atoms with Gasteiger partial charge in [-0.2, -0.15) is 10.2 Å². The Kier molecular flexibility index (Phi) is 5.29. The van der Waals surface area contributed by atoms with E-state index in [4.69, 9.17) is 10.8 Å². The number of nitrogens with two attached hydrogens (primary N) is 1. The predicted octanol–water partition coefficient (Wildman–Crippen LogP) is 1.27. The molecular weight excluding hydrogens is 218 g/mol. The monoisotopic (exact) mass is 235 g/mol. The van der Waals surface area contributed by atoms with Gasteiger partial charge in [-0.25, -0.2) is 0 Å². The summed E-state index contributed by atoms with van der Waals surface area (Å²) in [6.07, 6.45) is 1.19. The molecule has 0 radical (unpaired) electrons. The lowest BCUT2D eigenvalue weighted by Gasteiger charge is -2.07. The van der Waals surface area contributed by atoms with Gasteiger partial charge in [-0.05, 0) is 24.0 Å². The van der Waals surface area contributed by atoms with Gasteiger partial charge in [0.15, 0.2) is 0 Å².